The molecule has 0 bridgehead atoms. The standard InChI is InChI=1S/C6H14N2O/c1-5(2)4-8-9-6(3)7/h4-6H,7H2,1-3H3/b8-4+/t6-/m1/s1. The minimum Gasteiger partial charge on any atom is -0.378 e. The molecule has 0 aromatic heterocycles. The van der Waals surface area contributed by atoms with E-state index in [-0.39, 0.29) is 6.23 Å². The molecule has 0 unspecified atom stereocenters. The molecule has 0 saturated heterocycles. The zero-order valence-corrected chi connectivity index (χ0v) is 6.16. The largest absolute Gasteiger partial charge is 0.378 e. The maximum absolute atomic E-state index is 5.24. The second-order valence-electron chi connectivity index (χ2n) is 2.31. The summed E-state index contributed by atoms with van der Waals surface area (Å²) in [7, 11) is 0. The Morgan fingerprint density at radius 2 is 2.00 bits per heavy atom. The van der Waals surface area contributed by atoms with Crippen molar-refractivity contribution in [3.63, 3.8) is 0 Å². The zero-order chi connectivity index (χ0) is 7.28. The van der Waals surface area contributed by atoms with E-state index in [0.717, 1.165) is 0 Å². The normalized spacial score (nSPS) is 14.8. The van der Waals surface area contributed by atoms with Crippen molar-refractivity contribution in [2.75, 3.05) is 0 Å². The highest BCUT2D eigenvalue weighted by Gasteiger charge is 1.88. The smallest absolute Gasteiger partial charge is 0.173 e. The van der Waals surface area contributed by atoms with Crippen LogP contribution in [0, 0.1) is 5.92 Å². The van der Waals surface area contributed by atoms with Crippen LogP contribution in [0.2, 0.25) is 0 Å². The van der Waals surface area contributed by atoms with Gasteiger partial charge in [-0.3, -0.25) is 5.73 Å². The van der Waals surface area contributed by atoms with Gasteiger partial charge in [0.15, 0.2) is 6.23 Å². The summed E-state index contributed by atoms with van der Waals surface area (Å²) in [5.41, 5.74) is 5.24. The Labute approximate surface area is 55.9 Å². The minimum atomic E-state index is -0.306. The van der Waals surface area contributed by atoms with Gasteiger partial charge in [0.25, 0.3) is 0 Å². The lowest BCUT2D eigenvalue weighted by atomic mass is 10.3. The maximum Gasteiger partial charge on any atom is 0.173 e. The number of oxime groups is 1. The molecule has 54 valence electrons. The van der Waals surface area contributed by atoms with Crippen LogP contribution in [-0.2, 0) is 4.84 Å². The van der Waals surface area contributed by atoms with E-state index in [1.807, 2.05) is 13.8 Å². The summed E-state index contributed by atoms with van der Waals surface area (Å²) in [5.74, 6) is 0.420. The van der Waals surface area contributed by atoms with Crippen LogP contribution in [0.3, 0.4) is 0 Å². The summed E-state index contributed by atoms with van der Waals surface area (Å²) in [5, 5.41) is 3.62. The van der Waals surface area contributed by atoms with Crippen molar-refractivity contribution < 1.29 is 4.84 Å². The average molecular weight is 130 g/mol. The SMILES string of the molecule is CC(C)/C=N/O[C@H](C)N. The van der Waals surface area contributed by atoms with Crippen LogP contribution in [0.15, 0.2) is 5.16 Å². The highest BCUT2D eigenvalue weighted by atomic mass is 16.6. The molecule has 0 rings (SSSR count). The second kappa shape index (κ2) is 4.32. The van der Waals surface area contributed by atoms with E-state index >= 15 is 0 Å². The summed E-state index contributed by atoms with van der Waals surface area (Å²) in [6.45, 7) is 5.78. The summed E-state index contributed by atoms with van der Waals surface area (Å²) in [6.07, 6.45) is 1.41. The van der Waals surface area contributed by atoms with Gasteiger partial charge in [-0.2, -0.15) is 0 Å². The number of hydrogen-bond donors (Lipinski definition) is 1. The number of hydrogen-bond acceptors (Lipinski definition) is 3. The molecule has 0 aliphatic heterocycles. The molecule has 0 spiro atoms. The molecule has 1 atom stereocenters. The van der Waals surface area contributed by atoms with Gasteiger partial charge in [-0.25, -0.2) is 0 Å². The third-order valence-electron chi connectivity index (χ3n) is 0.586. The maximum atomic E-state index is 5.24. The fourth-order valence-corrected chi connectivity index (χ4v) is 0.253. The Hall–Kier alpha value is -0.570. The molecular weight excluding hydrogens is 116 g/mol. The zero-order valence-electron chi connectivity index (χ0n) is 6.16. The average Bonchev–Trinajstić information content (AvgIpc) is 1.63. The fraction of sp³-hybridized carbons (Fsp3) is 0.833. The van der Waals surface area contributed by atoms with Gasteiger partial charge in [0, 0.05) is 6.21 Å². The van der Waals surface area contributed by atoms with E-state index < -0.39 is 0 Å². The summed E-state index contributed by atoms with van der Waals surface area (Å²) < 4.78 is 0. The first kappa shape index (κ1) is 8.43. The van der Waals surface area contributed by atoms with Crippen LogP contribution < -0.4 is 5.73 Å². The fourth-order valence-electron chi connectivity index (χ4n) is 0.253. The molecule has 0 aliphatic rings. The quantitative estimate of drug-likeness (QED) is 0.351. The van der Waals surface area contributed by atoms with Gasteiger partial charge in [-0.1, -0.05) is 19.0 Å². The Morgan fingerprint density at radius 1 is 1.44 bits per heavy atom. The van der Waals surface area contributed by atoms with E-state index in [4.69, 9.17) is 10.6 Å². The third-order valence-corrected chi connectivity index (χ3v) is 0.586. The van der Waals surface area contributed by atoms with Crippen molar-refractivity contribution in [1.82, 2.24) is 0 Å². The first-order chi connectivity index (χ1) is 4.13. The van der Waals surface area contributed by atoms with Crippen molar-refractivity contribution in [3.05, 3.63) is 0 Å². The molecule has 0 fully saturated rings. The lowest BCUT2D eigenvalue weighted by molar-refractivity contribution is 0.0777. The molecule has 0 aromatic rings. The van der Waals surface area contributed by atoms with E-state index in [2.05, 4.69) is 5.16 Å². The van der Waals surface area contributed by atoms with Crippen LogP contribution in [0.1, 0.15) is 20.8 Å². The van der Waals surface area contributed by atoms with Gasteiger partial charge < -0.3 is 4.84 Å². The molecule has 0 aliphatic carbocycles. The van der Waals surface area contributed by atoms with Gasteiger partial charge in [-0.15, -0.1) is 0 Å². The van der Waals surface area contributed by atoms with Gasteiger partial charge in [0.05, 0.1) is 0 Å². The Balaban J connectivity index is 3.25. The molecule has 0 radical (unpaired) electrons. The molecule has 2 N–H and O–H groups in total. The molecule has 3 nitrogen and oxygen atoms in total. The van der Waals surface area contributed by atoms with E-state index in [1.54, 1.807) is 13.1 Å². The van der Waals surface area contributed by atoms with Crippen LogP contribution in [-0.4, -0.2) is 12.4 Å². The topological polar surface area (TPSA) is 47.6 Å². The van der Waals surface area contributed by atoms with Gasteiger partial charge >= 0.3 is 0 Å². The lowest BCUT2D eigenvalue weighted by Crippen LogP contribution is -2.16. The molecule has 0 saturated carbocycles. The molecule has 0 amide bonds. The highest BCUT2D eigenvalue weighted by molar-refractivity contribution is 5.58. The predicted molar refractivity (Wildman–Crippen MR) is 38.1 cm³/mol. The Morgan fingerprint density at radius 3 is 2.33 bits per heavy atom. The first-order valence-electron chi connectivity index (χ1n) is 3.08. The Kier molecular flexibility index (Phi) is 4.05. The second-order valence-corrected chi connectivity index (χ2v) is 2.31. The van der Waals surface area contributed by atoms with Crippen LogP contribution in [0.4, 0.5) is 0 Å². The lowest BCUT2D eigenvalue weighted by Gasteiger charge is -2.00. The molecule has 0 heterocycles. The van der Waals surface area contributed by atoms with Crippen molar-refractivity contribution >= 4 is 6.21 Å². The third kappa shape index (κ3) is 7.43. The number of rotatable bonds is 3. The van der Waals surface area contributed by atoms with Gasteiger partial charge in [0.2, 0.25) is 0 Å². The highest BCUT2D eigenvalue weighted by Crippen LogP contribution is 1.86. The van der Waals surface area contributed by atoms with Crippen LogP contribution in [0.5, 0.6) is 0 Å². The van der Waals surface area contributed by atoms with Crippen molar-refractivity contribution in [2.45, 2.75) is 27.0 Å². The van der Waals surface area contributed by atoms with Crippen LogP contribution >= 0.6 is 0 Å². The first-order valence-corrected chi connectivity index (χ1v) is 3.08. The molecule has 0 aromatic carbocycles. The Bertz CT molecular complexity index is 89.1. The summed E-state index contributed by atoms with van der Waals surface area (Å²) >= 11 is 0. The summed E-state index contributed by atoms with van der Waals surface area (Å²) in [6, 6.07) is 0. The minimum absolute atomic E-state index is 0.306. The number of nitrogens with zero attached hydrogens (tertiary/aromatic N) is 1. The van der Waals surface area contributed by atoms with Crippen molar-refractivity contribution in [1.29, 1.82) is 0 Å². The molecule has 3 heteroatoms. The van der Waals surface area contributed by atoms with Crippen molar-refractivity contribution in [2.24, 2.45) is 16.8 Å². The monoisotopic (exact) mass is 130 g/mol. The van der Waals surface area contributed by atoms with E-state index in [0.29, 0.717) is 5.92 Å². The van der Waals surface area contributed by atoms with E-state index in [9.17, 15) is 0 Å². The number of nitrogens with two attached hydrogens (primary N) is 1. The van der Waals surface area contributed by atoms with Gasteiger partial charge in [0.1, 0.15) is 0 Å². The van der Waals surface area contributed by atoms with Gasteiger partial charge in [-0.05, 0) is 12.8 Å². The molecular formula is C6H14N2O. The van der Waals surface area contributed by atoms with Crippen LogP contribution in [0.25, 0.3) is 0 Å². The van der Waals surface area contributed by atoms with E-state index in [1.165, 1.54) is 0 Å². The predicted octanol–water partition coefficient (Wildman–Crippen LogP) is 0.950. The molecule has 9 heavy (non-hydrogen) atoms. The van der Waals surface area contributed by atoms with Crippen molar-refractivity contribution in [3.8, 4) is 0 Å². The summed E-state index contributed by atoms with van der Waals surface area (Å²) in [4.78, 5) is 4.70.